The first-order valence-electron chi connectivity index (χ1n) is 7.23. The second kappa shape index (κ2) is 8.79. The molecule has 0 heterocycles. The van der Waals surface area contributed by atoms with Gasteiger partial charge in [0.2, 0.25) is 15.9 Å². The van der Waals surface area contributed by atoms with Crippen LogP contribution < -0.4 is 10.0 Å². The second-order valence-corrected chi connectivity index (χ2v) is 7.11. The Labute approximate surface area is 127 Å². The lowest BCUT2D eigenvalue weighted by Gasteiger charge is -2.08. The van der Waals surface area contributed by atoms with Crippen LogP contribution in [-0.4, -0.2) is 27.4 Å². The molecule has 1 amide bonds. The van der Waals surface area contributed by atoms with Gasteiger partial charge in [0, 0.05) is 19.5 Å². The molecule has 0 spiro atoms. The minimum absolute atomic E-state index is 0.104. The molecule has 5 nitrogen and oxygen atoms in total. The summed E-state index contributed by atoms with van der Waals surface area (Å²) in [6, 6.07) is 8.12. The van der Waals surface area contributed by atoms with Crippen molar-refractivity contribution in [2.45, 2.75) is 38.0 Å². The maximum absolute atomic E-state index is 11.9. The zero-order chi connectivity index (χ0) is 15.7. The van der Waals surface area contributed by atoms with E-state index in [-0.39, 0.29) is 23.8 Å². The Hall–Kier alpha value is -1.40. The summed E-state index contributed by atoms with van der Waals surface area (Å²) in [6.07, 6.45) is 2.16. The van der Waals surface area contributed by atoms with Gasteiger partial charge < -0.3 is 5.32 Å². The molecule has 0 bridgehead atoms. The summed E-state index contributed by atoms with van der Waals surface area (Å²) in [5, 5.41) is 2.79. The third kappa shape index (κ3) is 7.24. The molecule has 0 atom stereocenters. The van der Waals surface area contributed by atoms with Crippen molar-refractivity contribution in [3.63, 3.8) is 0 Å². The van der Waals surface area contributed by atoms with Gasteiger partial charge in [-0.3, -0.25) is 4.79 Å². The molecule has 0 aromatic heterocycles. The quantitative estimate of drug-likeness (QED) is 0.684. The Kier molecular flexibility index (Phi) is 7.39. The number of hydrogen-bond acceptors (Lipinski definition) is 3. The first kappa shape index (κ1) is 17.7. The molecule has 0 unspecified atom stereocenters. The summed E-state index contributed by atoms with van der Waals surface area (Å²) < 4.78 is 26.2. The van der Waals surface area contributed by atoms with Crippen LogP contribution in [0.15, 0.2) is 35.2 Å². The predicted octanol–water partition coefficient (Wildman–Crippen LogP) is 1.91. The van der Waals surface area contributed by atoms with E-state index in [2.05, 4.69) is 23.9 Å². The zero-order valence-electron chi connectivity index (χ0n) is 12.6. The lowest BCUT2D eigenvalue weighted by atomic mass is 10.1. The normalized spacial score (nSPS) is 11.6. The summed E-state index contributed by atoms with van der Waals surface area (Å²) in [5.41, 5.74) is 0. The fraction of sp³-hybridized carbons (Fsp3) is 0.533. The molecule has 0 saturated heterocycles. The molecule has 0 aliphatic heterocycles. The van der Waals surface area contributed by atoms with Crippen molar-refractivity contribution in [1.29, 1.82) is 0 Å². The monoisotopic (exact) mass is 312 g/mol. The number of benzene rings is 1. The number of rotatable bonds is 9. The number of carbonyl (C=O) groups is 1. The molecule has 0 radical (unpaired) electrons. The van der Waals surface area contributed by atoms with E-state index in [1.165, 1.54) is 12.1 Å². The van der Waals surface area contributed by atoms with E-state index in [1.807, 2.05) is 0 Å². The molecule has 0 fully saturated rings. The number of amides is 1. The van der Waals surface area contributed by atoms with Crippen molar-refractivity contribution < 1.29 is 13.2 Å². The lowest BCUT2D eigenvalue weighted by molar-refractivity contribution is -0.120. The predicted molar refractivity (Wildman–Crippen MR) is 83.3 cm³/mol. The molecule has 0 saturated carbocycles. The van der Waals surface area contributed by atoms with E-state index < -0.39 is 10.0 Å². The van der Waals surface area contributed by atoms with Gasteiger partial charge in [-0.2, -0.15) is 0 Å². The molecule has 1 aromatic carbocycles. The highest BCUT2D eigenvalue weighted by Crippen LogP contribution is 2.06. The topological polar surface area (TPSA) is 75.3 Å². The Balaban J connectivity index is 2.25. The molecule has 1 rings (SSSR count). The van der Waals surface area contributed by atoms with Gasteiger partial charge in [0.15, 0.2) is 0 Å². The van der Waals surface area contributed by atoms with Crippen molar-refractivity contribution in [2.24, 2.45) is 5.92 Å². The van der Waals surface area contributed by atoms with Crippen LogP contribution in [-0.2, 0) is 14.8 Å². The summed E-state index contributed by atoms with van der Waals surface area (Å²) in [5.74, 6) is 0.495. The first-order chi connectivity index (χ1) is 9.92. The molecular formula is C15H24N2O3S. The van der Waals surface area contributed by atoms with E-state index in [0.29, 0.717) is 12.5 Å². The van der Waals surface area contributed by atoms with E-state index in [1.54, 1.807) is 18.2 Å². The van der Waals surface area contributed by atoms with Crippen molar-refractivity contribution in [3.05, 3.63) is 30.3 Å². The summed E-state index contributed by atoms with van der Waals surface area (Å²) in [6.45, 7) is 5.02. The summed E-state index contributed by atoms with van der Waals surface area (Å²) in [7, 11) is -3.52. The highest BCUT2D eigenvalue weighted by Gasteiger charge is 2.13. The average Bonchev–Trinajstić information content (AvgIpc) is 2.44. The Morgan fingerprint density at radius 2 is 1.81 bits per heavy atom. The fourth-order valence-electron chi connectivity index (χ4n) is 1.81. The van der Waals surface area contributed by atoms with Crippen LogP contribution in [0.25, 0.3) is 0 Å². The maximum atomic E-state index is 11.9. The van der Waals surface area contributed by atoms with Gasteiger partial charge in [0.1, 0.15) is 0 Å². The van der Waals surface area contributed by atoms with Crippen molar-refractivity contribution in [2.75, 3.05) is 13.1 Å². The second-order valence-electron chi connectivity index (χ2n) is 5.35. The van der Waals surface area contributed by atoms with Gasteiger partial charge in [-0.25, -0.2) is 13.1 Å². The van der Waals surface area contributed by atoms with Crippen LogP contribution in [0.1, 0.15) is 33.1 Å². The average molecular weight is 312 g/mol. The van der Waals surface area contributed by atoms with Gasteiger partial charge >= 0.3 is 0 Å². The van der Waals surface area contributed by atoms with Crippen molar-refractivity contribution in [3.8, 4) is 0 Å². The van der Waals surface area contributed by atoms with E-state index >= 15 is 0 Å². The van der Waals surface area contributed by atoms with Crippen LogP contribution in [0, 0.1) is 5.92 Å². The molecule has 21 heavy (non-hydrogen) atoms. The molecular weight excluding hydrogens is 288 g/mol. The SMILES string of the molecule is CC(C)CCCNC(=O)CCNS(=O)(=O)c1ccccc1. The lowest BCUT2D eigenvalue weighted by Crippen LogP contribution is -2.31. The number of carbonyl (C=O) groups excluding carboxylic acids is 1. The van der Waals surface area contributed by atoms with Crippen LogP contribution >= 0.6 is 0 Å². The first-order valence-corrected chi connectivity index (χ1v) is 8.71. The van der Waals surface area contributed by atoms with Crippen molar-refractivity contribution >= 4 is 15.9 Å². The van der Waals surface area contributed by atoms with E-state index in [9.17, 15) is 13.2 Å². The van der Waals surface area contributed by atoms with Crippen LogP contribution in [0.4, 0.5) is 0 Å². The van der Waals surface area contributed by atoms with Crippen molar-refractivity contribution in [1.82, 2.24) is 10.0 Å². The van der Waals surface area contributed by atoms with Crippen LogP contribution in [0.5, 0.6) is 0 Å². The highest BCUT2D eigenvalue weighted by molar-refractivity contribution is 7.89. The molecule has 0 aliphatic carbocycles. The highest BCUT2D eigenvalue weighted by atomic mass is 32.2. The van der Waals surface area contributed by atoms with Gasteiger partial charge in [0.05, 0.1) is 4.90 Å². The smallest absolute Gasteiger partial charge is 0.240 e. The number of hydrogen-bond donors (Lipinski definition) is 2. The van der Waals surface area contributed by atoms with Crippen LogP contribution in [0.3, 0.4) is 0 Å². The van der Waals surface area contributed by atoms with Crippen LogP contribution in [0.2, 0.25) is 0 Å². The Bertz CT molecular complexity index is 527. The molecule has 2 N–H and O–H groups in total. The summed E-state index contributed by atoms with van der Waals surface area (Å²) in [4.78, 5) is 11.8. The fourth-order valence-corrected chi connectivity index (χ4v) is 2.86. The number of nitrogens with one attached hydrogen (secondary N) is 2. The van der Waals surface area contributed by atoms with Gasteiger partial charge in [-0.15, -0.1) is 0 Å². The van der Waals surface area contributed by atoms with E-state index in [4.69, 9.17) is 0 Å². The zero-order valence-corrected chi connectivity index (χ0v) is 13.4. The Morgan fingerprint density at radius 1 is 1.14 bits per heavy atom. The molecule has 0 aliphatic rings. The molecule has 1 aromatic rings. The molecule has 6 heteroatoms. The number of sulfonamides is 1. The largest absolute Gasteiger partial charge is 0.356 e. The standard InChI is InChI=1S/C15H24N2O3S/c1-13(2)7-6-11-16-15(18)10-12-17-21(19,20)14-8-4-3-5-9-14/h3-5,8-9,13,17H,6-7,10-12H2,1-2H3,(H,16,18). The summed E-state index contributed by atoms with van der Waals surface area (Å²) >= 11 is 0. The van der Waals surface area contributed by atoms with Gasteiger partial charge in [0.25, 0.3) is 0 Å². The third-order valence-electron chi connectivity index (χ3n) is 2.98. The maximum Gasteiger partial charge on any atom is 0.240 e. The third-order valence-corrected chi connectivity index (χ3v) is 4.46. The van der Waals surface area contributed by atoms with Gasteiger partial charge in [-0.1, -0.05) is 32.0 Å². The van der Waals surface area contributed by atoms with E-state index in [0.717, 1.165) is 12.8 Å². The minimum atomic E-state index is -3.52. The van der Waals surface area contributed by atoms with Gasteiger partial charge in [-0.05, 0) is 30.9 Å². The minimum Gasteiger partial charge on any atom is -0.356 e. The Morgan fingerprint density at radius 3 is 2.43 bits per heavy atom. The molecule has 118 valence electrons.